The average molecular weight is 242 g/mol. The van der Waals surface area contributed by atoms with E-state index in [1.165, 1.54) is 12.3 Å². The molecule has 1 heterocycles. The number of hydrogen-bond donors (Lipinski definition) is 2. The molecular weight excluding hydrogens is 223 g/mol. The zero-order valence-electron chi connectivity index (χ0n) is 10.2. The molecule has 5 heteroatoms. The van der Waals surface area contributed by atoms with Crippen molar-refractivity contribution in [3.8, 4) is 0 Å². The molecule has 1 rings (SSSR count). The molecular formula is C12H19FN2O2. The Morgan fingerprint density at radius 3 is 3.00 bits per heavy atom. The quantitative estimate of drug-likeness (QED) is 0.556. The summed E-state index contributed by atoms with van der Waals surface area (Å²) < 4.78 is 17.8. The van der Waals surface area contributed by atoms with Crippen LogP contribution >= 0.6 is 0 Å². The zero-order chi connectivity index (χ0) is 12.7. The summed E-state index contributed by atoms with van der Waals surface area (Å²) in [5.41, 5.74) is 0.554. The Bertz CT molecular complexity index is 336. The van der Waals surface area contributed by atoms with E-state index in [1.54, 1.807) is 13.2 Å². The molecule has 4 nitrogen and oxygen atoms in total. The van der Waals surface area contributed by atoms with Crippen molar-refractivity contribution in [3.05, 3.63) is 29.8 Å². The molecule has 1 unspecified atom stereocenters. The first-order valence-corrected chi connectivity index (χ1v) is 5.64. The topological polar surface area (TPSA) is 54.4 Å². The Labute approximate surface area is 101 Å². The lowest BCUT2D eigenvalue weighted by Gasteiger charge is -2.19. The van der Waals surface area contributed by atoms with E-state index in [-0.39, 0.29) is 5.92 Å². The monoisotopic (exact) mass is 242 g/mol. The summed E-state index contributed by atoms with van der Waals surface area (Å²) in [6, 6.07) is 2.88. The van der Waals surface area contributed by atoms with Gasteiger partial charge in [-0.05, 0) is 23.6 Å². The second kappa shape index (κ2) is 7.32. The highest BCUT2D eigenvalue weighted by atomic mass is 19.1. The fourth-order valence-corrected chi connectivity index (χ4v) is 1.55. The minimum Gasteiger partial charge on any atom is -0.388 e. The number of aliphatic hydroxyl groups excluding tert-OH is 1. The van der Waals surface area contributed by atoms with Gasteiger partial charge in [-0.3, -0.25) is 0 Å². The molecule has 0 aliphatic heterocycles. The zero-order valence-corrected chi connectivity index (χ0v) is 10.2. The molecule has 0 aliphatic rings. The van der Waals surface area contributed by atoms with Crippen LogP contribution in [-0.4, -0.2) is 36.9 Å². The average Bonchev–Trinajstić information content (AvgIpc) is 2.33. The molecule has 0 saturated carbocycles. The Balaban J connectivity index is 2.43. The number of aliphatic hydroxyl groups is 1. The van der Waals surface area contributed by atoms with E-state index in [0.717, 1.165) is 6.54 Å². The molecule has 2 N–H and O–H groups in total. The molecule has 0 aromatic carbocycles. The lowest BCUT2D eigenvalue weighted by Crippen LogP contribution is -2.28. The summed E-state index contributed by atoms with van der Waals surface area (Å²) in [5.74, 6) is -0.574. The van der Waals surface area contributed by atoms with Crippen molar-refractivity contribution >= 4 is 0 Å². The first kappa shape index (κ1) is 14.0. The van der Waals surface area contributed by atoms with Crippen molar-refractivity contribution in [1.82, 2.24) is 10.3 Å². The third kappa shape index (κ3) is 4.77. The van der Waals surface area contributed by atoms with Gasteiger partial charge in [0.25, 0.3) is 0 Å². The lowest BCUT2D eigenvalue weighted by molar-refractivity contribution is 0.114. The van der Waals surface area contributed by atoms with E-state index in [2.05, 4.69) is 10.3 Å². The lowest BCUT2D eigenvalue weighted by atomic mass is 9.98. The van der Waals surface area contributed by atoms with E-state index >= 15 is 0 Å². The van der Waals surface area contributed by atoms with Crippen LogP contribution in [0.5, 0.6) is 0 Å². The van der Waals surface area contributed by atoms with Gasteiger partial charge in [0.2, 0.25) is 5.95 Å². The second-order valence-corrected chi connectivity index (χ2v) is 4.03. The van der Waals surface area contributed by atoms with Crippen molar-refractivity contribution in [2.45, 2.75) is 13.0 Å². The summed E-state index contributed by atoms with van der Waals surface area (Å²) >= 11 is 0. The minimum absolute atomic E-state index is 0.00587. The molecule has 17 heavy (non-hydrogen) atoms. The number of nitrogens with zero attached hydrogens (tertiary/aromatic N) is 1. The van der Waals surface area contributed by atoms with Gasteiger partial charge < -0.3 is 15.2 Å². The molecule has 0 fully saturated rings. The van der Waals surface area contributed by atoms with Crippen molar-refractivity contribution in [2.24, 2.45) is 5.92 Å². The van der Waals surface area contributed by atoms with Crippen LogP contribution in [0.25, 0.3) is 0 Å². The number of nitrogens with one attached hydrogen (secondary N) is 1. The highest BCUT2D eigenvalue weighted by Gasteiger charge is 2.16. The standard InChI is InChI=1S/C12H19FN2O2/c1-9(8-14-5-6-17-2)12(16)10-3-4-15-11(13)7-10/h3-4,7,9,12,14,16H,5-6,8H2,1-2H3/t9?,12-/m1/s1. The fraction of sp³-hybridized carbons (Fsp3) is 0.583. The van der Waals surface area contributed by atoms with Crippen LogP contribution in [-0.2, 0) is 4.74 Å². The minimum atomic E-state index is -0.692. The van der Waals surface area contributed by atoms with E-state index in [9.17, 15) is 9.50 Å². The number of rotatable bonds is 7. The van der Waals surface area contributed by atoms with Gasteiger partial charge in [0.1, 0.15) is 0 Å². The Hall–Kier alpha value is -1.04. The van der Waals surface area contributed by atoms with Crippen molar-refractivity contribution in [2.75, 3.05) is 26.8 Å². The van der Waals surface area contributed by atoms with E-state index in [1.807, 2.05) is 6.92 Å². The van der Waals surface area contributed by atoms with Crippen LogP contribution in [0, 0.1) is 11.9 Å². The summed E-state index contributed by atoms with van der Waals surface area (Å²) in [6.07, 6.45) is 0.668. The summed E-state index contributed by atoms with van der Waals surface area (Å²) in [6.45, 7) is 3.92. The summed E-state index contributed by atoms with van der Waals surface area (Å²) in [7, 11) is 1.64. The van der Waals surface area contributed by atoms with Gasteiger partial charge in [-0.25, -0.2) is 4.98 Å². The summed E-state index contributed by atoms with van der Waals surface area (Å²) in [5, 5.41) is 13.2. The largest absolute Gasteiger partial charge is 0.388 e. The first-order valence-electron chi connectivity index (χ1n) is 5.64. The molecule has 0 radical (unpaired) electrons. The van der Waals surface area contributed by atoms with Gasteiger partial charge in [-0.1, -0.05) is 6.92 Å². The smallest absolute Gasteiger partial charge is 0.213 e. The molecule has 0 aliphatic carbocycles. The maximum absolute atomic E-state index is 12.9. The molecule has 0 spiro atoms. The Morgan fingerprint density at radius 2 is 2.35 bits per heavy atom. The molecule has 0 saturated heterocycles. The number of pyridine rings is 1. The highest BCUT2D eigenvalue weighted by Crippen LogP contribution is 2.20. The molecule has 1 aromatic rings. The second-order valence-electron chi connectivity index (χ2n) is 4.03. The van der Waals surface area contributed by atoms with Crippen molar-refractivity contribution in [1.29, 1.82) is 0 Å². The van der Waals surface area contributed by atoms with Gasteiger partial charge in [-0.15, -0.1) is 0 Å². The normalized spacial score (nSPS) is 14.6. The van der Waals surface area contributed by atoms with Crippen molar-refractivity contribution in [3.63, 3.8) is 0 Å². The van der Waals surface area contributed by atoms with E-state index in [0.29, 0.717) is 18.7 Å². The fourth-order valence-electron chi connectivity index (χ4n) is 1.55. The van der Waals surface area contributed by atoms with Crippen LogP contribution in [0.1, 0.15) is 18.6 Å². The SMILES string of the molecule is COCCNCC(C)[C@@H](O)c1ccnc(F)c1. The Morgan fingerprint density at radius 1 is 1.59 bits per heavy atom. The number of ether oxygens (including phenoxy) is 1. The maximum atomic E-state index is 12.9. The maximum Gasteiger partial charge on any atom is 0.213 e. The van der Waals surface area contributed by atoms with Crippen LogP contribution < -0.4 is 5.32 Å². The predicted molar refractivity (Wildman–Crippen MR) is 63.1 cm³/mol. The van der Waals surface area contributed by atoms with E-state index in [4.69, 9.17) is 4.74 Å². The Kier molecular flexibility index (Phi) is 6.04. The van der Waals surface area contributed by atoms with Gasteiger partial charge in [-0.2, -0.15) is 4.39 Å². The number of hydrogen-bond acceptors (Lipinski definition) is 4. The number of methoxy groups -OCH3 is 1. The van der Waals surface area contributed by atoms with Crippen LogP contribution in [0.4, 0.5) is 4.39 Å². The van der Waals surface area contributed by atoms with Gasteiger partial charge in [0.15, 0.2) is 0 Å². The molecule has 96 valence electrons. The van der Waals surface area contributed by atoms with Gasteiger partial charge in [0.05, 0.1) is 12.7 Å². The van der Waals surface area contributed by atoms with Crippen LogP contribution in [0.15, 0.2) is 18.3 Å². The molecule has 0 bridgehead atoms. The van der Waals surface area contributed by atoms with Gasteiger partial charge >= 0.3 is 0 Å². The highest BCUT2D eigenvalue weighted by molar-refractivity contribution is 5.14. The summed E-state index contributed by atoms with van der Waals surface area (Å²) in [4.78, 5) is 3.46. The predicted octanol–water partition coefficient (Wildman–Crippen LogP) is 1.13. The van der Waals surface area contributed by atoms with E-state index < -0.39 is 12.1 Å². The van der Waals surface area contributed by atoms with Crippen LogP contribution in [0.2, 0.25) is 0 Å². The molecule has 2 atom stereocenters. The third-order valence-corrected chi connectivity index (χ3v) is 2.58. The number of halogens is 1. The number of aromatic nitrogens is 1. The third-order valence-electron chi connectivity index (χ3n) is 2.58. The first-order chi connectivity index (χ1) is 8.15. The van der Waals surface area contributed by atoms with Gasteiger partial charge in [0, 0.05) is 26.4 Å². The molecule has 1 aromatic heterocycles. The molecule has 0 amide bonds. The van der Waals surface area contributed by atoms with Crippen molar-refractivity contribution < 1.29 is 14.2 Å². The van der Waals surface area contributed by atoms with Crippen LogP contribution in [0.3, 0.4) is 0 Å².